The summed E-state index contributed by atoms with van der Waals surface area (Å²) in [4.78, 5) is 17.5. The van der Waals surface area contributed by atoms with Crippen LogP contribution in [0.2, 0.25) is 0 Å². The van der Waals surface area contributed by atoms with Crippen molar-refractivity contribution in [3.05, 3.63) is 16.1 Å². The van der Waals surface area contributed by atoms with Gasteiger partial charge in [-0.3, -0.25) is 0 Å². The standard InChI is InChI=1S/C13H20N2O2S/c1-2-3-6-15-7-4-10(5-8-15)12-14-11(9-18-12)13(16)17/h9-10H,2-8H2,1H3,(H,16,17). The van der Waals surface area contributed by atoms with Gasteiger partial charge in [0.05, 0.1) is 5.01 Å². The third kappa shape index (κ3) is 3.29. The number of carbonyl (C=O) groups is 1. The molecule has 1 aliphatic heterocycles. The quantitative estimate of drug-likeness (QED) is 0.892. The first-order valence-corrected chi connectivity index (χ1v) is 7.49. The molecule has 2 rings (SSSR count). The molecule has 0 spiro atoms. The van der Waals surface area contributed by atoms with Crippen molar-refractivity contribution < 1.29 is 9.90 Å². The molecule has 1 N–H and O–H groups in total. The number of carboxylic acids is 1. The predicted octanol–water partition coefficient (Wildman–Crippen LogP) is 2.82. The summed E-state index contributed by atoms with van der Waals surface area (Å²) in [5, 5.41) is 11.5. The summed E-state index contributed by atoms with van der Waals surface area (Å²) in [7, 11) is 0. The molecule has 5 heteroatoms. The van der Waals surface area contributed by atoms with Crippen LogP contribution in [-0.2, 0) is 0 Å². The molecule has 0 bridgehead atoms. The zero-order valence-electron chi connectivity index (χ0n) is 10.8. The van der Waals surface area contributed by atoms with Gasteiger partial charge in [-0.15, -0.1) is 11.3 Å². The minimum atomic E-state index is -0.919. The van der Waals surface area contributed by atoms with Gasteiger partial charge in [0.2, 0.25) is 0 Å². The minimum absolute atomic E-state index is 0.198. The molecule has 1 aromatic rings. The van der Waals surface area contributed by atoms with Gasteiger partial charge in [-0.25, -0.2) is 9.78 Å². The largest absolute Gasteiger partial charge is 0.476 e. The molecule has 0 amide bonds. The van der Waals surface area contributed by atoms with Crippen molar-refractivity contribution in [3.8, 4) is 0 Å². The predicted molar refractivity (Wildman–Crippen MR) is 72.4 cm³/mol. The summed E-state index contributed by atoms with van der Waals surface area (Å²) in [5.41, 5.74) is 0.198. The second kappa shape index (κ2) is 6.29. The summed E-state index contributed by atoms with van der Waals surface area (Å²) in [6.45, 7) is 5.65. The number of hydrogen-bond donors (Lipinski definition) is 1. The molecule has 0 atom stereocenters. The van der Waals surface area contributed by atoms with E-state index in [4.69, 9.17) is 5.11 Å². The molecular weight excluding hydrogens is 248 g/mol. The van der Waals surface area contributed by atoms with Crippen molar-refractivity contribution in [2.24, 2.45) is 0 Å². The molecule has 1 aromatic heterocycles. The van der Waals surface area contributed by atoms with Gasteiger partial charge in [0.25, 0.3) is 0 Å². The van der Waals surface area contributed by atoms with Gasteiger partial charge in [0.1, 0.15) is 0 Å². The summed E-state index contributed by atoms with van der Waals surface area (Å²) in [5.74, 6) is -0.459. The second-order valence-electron chi connectivity index (χ2n) is 4.85. The second-order valence-corrected chi connectivity index (χ2v) is 5.74. The Hall–Kier alpha value is -0.940. The van der Waals surface area contributed by atoms with E-state index in [1.165, 1.54) is 30.7 Å². The van der Waals surface area contributed by atoms with E-state index in [9.17, 15) is 4.79 Å². The van der Waals surface area contributed by atoms with Crippen LogP contribution in [0.25, 0.3) is 0 Å². The average molecular weight is 268 g/mol. The highest BCUT2D eigenvalue weighted by atomic mass is 32.1. The molecule has 0 unspecified atom stereocenters. The number of unbranched alkanes of at least 4 members (excludes halogenated alkanes) is 1. The molecule has 0 aliphatic carbocycles. The number of aromatic carboxylic acids is 1. The molecule has 1 fully saturated rings. The Labute approximate surface area is 112 Å². The van der Waals surface area contributed by atoms with Crippen LogP contribution in [0.1, 0.15) is 54.0 Å². The van der Waals surface area contributed by atoms with Crippen LogP contribution < -0.4 is 0 Å². The lowest BCUT2D eigenvalue weighted by Gasteiger charge is -2.30. The van der Waals surface area contributed by atoms with Crippen molar-refractivity contribution in [1.82, 2.24) is 9.88 Å². The van der Waals surface area contributed by atoms with Crippen LogP contribution in [-0.4, -0.2) is 40.6 Å². The lowest BCUT2D eigenvalue weighted by Crippen LogP contribution is -2.33. The van der Waals surface area contributed by atoms with Crippen LogP contribution in [0, 0.1) is 0 Å². The maximum Gasteiger partial charge on any atom is 0.355 e. The molecule has 0 saturated carbocycles. The topological polar surface area (TPSA) is 53.4 Å². The average Bonchev–Trinajstić information content (AvgIpc) is 2.87. The molecule has 1 aliphatic rings. The molecule has 1 saturated heterocycles. The SMILES string of the molecule is CCCCN1CCC(c2nc(C(=O)O)cs2)CC1. The summed E-state index contributed by atoms with van der Waals surface area (Å²) >= 11 is 1.49. The summed E-state index contributed by atoms with van der Waals surface area (Å²) < 4.78 is 0. The van der Waals surface area contributed by atoms with E-state index in [1.807, 2.05) is 0 Å². The molecule has 18 heavy (non-hydrogen) atoms. The smallest absolute Gasteiger partial charge is 0.355 e. The number of carboxylic acid groups (broad SMARTS) is 1. The van der Waals surface area contributed by atoms with Crippen molar-refractivity contribution in [2.75, 3.05) is 19.6 Å². The Morgan fingerprint density at radius 3 is 2.83 bits per heavy atom. The van der Waals surface area contributed by atoms with Crippen molar-refractivity contribution in [3.63, 3.8) is 0 Å². The first-order valence-electron chi connectivity index (χ1n) is 6.61. The van der Waals surface area contributed by atoms with E-state index in [0.717, 1.165) is 30.9 Å². The molecule has 100 valence electrons. The van der Waals surface area contributed by atoms with E-state index in [-0.39, 0.29) is 5.69 Å². The molecule has 0 aromatic carbocycles. The maximum atomic E-state index is 10.8. The number of hydrogen-bond acceptors (Lipinski definition) is 4. The Balaban J connectivity index is 1.86. The first-order chi connectivity index (χ1) is 8.70. The van der Waals surface area contributed by atoms with E-state index < -0.39 is 5.97 Å². The molecule has 2 heterocycles. The number of piperidine rings is 1. The monoisotopic (exact) mass is 268 g/mol. The molecule has 4 nitrogen and oxygen atoms in total. The van der Waals surface area contributed by atoms with Gasteiger partial charge >= 0.3 is 5.97 Å². The number of thiazole rings is 1. The fraction of sp³-hybridized carbons (Fsp3) is 0.692. The first kappa shape index (κ1) is 13.5. The highest BCUT2D eigenvalue weighted by Crippen LogP contribution is 2.30. The Morgan fingerprint density at radius 1 is 1.56 bits per heavy atom. The minimum Gasteiger partial charge on any atom is -0.476 e. The zero-order chi connectivity index (χ0) is 13.0. The Bertz CT molecular complexity index is 397. The number of nitrogens with zero attached hydrogens (tertiary/aromatic N) is 2. The Morgan fingerprint density at radius 2 is 2.28 bits per heavy atom. The van der Waals surface area contributed by atoms with Gasteiger partial charge in [-0.05, 0) is 38.9 Å². The summed E-state index contributed by atoms with van der Waals surface area (Å²) in [6, 6.07) is 0. The van der Waals surface area contributed by atoms with E-state index in [2.05, 4.69) is 16.8 Å². The highest BCUT2D eigenvalue weighted by Gasteiger charge is 2.23. The van der Waals surface area contributed by atoms with E-state index >= 15 is 0 Å². The van der Waals surface area contributed by atoms with Gasteiger partial charge in [-0.2, -0.15) is 0 Å². The van der Waals surface area contributed by atoms with Crippen LogP contribution in [0.4, 0.5) is 0 Å². The molecular formula is C13H20N2O2S. The third-order valence-corrected chi connectivity index (χ3v) is 4.51. The van der Waals surface area contributed by atoms with Crippen LogP contribution in [0.5, 0.6) is 0 Å². The third-order valence-electron chi connectivity index (χ3n) is 3.51. The zero-order valence-corrected chi connectivity index (χ0v) is 11.6. The van der Waals surface area contributed by atoms with E-state index in [1.54, 1.807) is 5.38 Å². The van der Waals surface area contributed by atoms with Crippen LogP contribution >= 0.6 is 11.3 Å². The Kier molecular flexibility index (Phi) is 4.72. The van der Waals surface area contributed by atoms with Crippen molar-refractivity contribution in [1.29, 1.82) is 0 Å². The normalized spacial score (nSPS) is 18.1. The maximum absolute atomic E-state index is 10.8. The van der Waals surface area contributed by atoms with Crippen LogP contribution in [0.15, 0.2) is 5.38 Å². The number of rotatable bonds is 5. The van der Waals surface area contributed by atoms with Gasteiger partial charge in [0.15, 0.2) is 5.69 Å². The number of likely N-dealkylation sites (tertiary alicyclic amines) is 1. The van der Waals surface area contributed by atoms with Crippen molar-refractivity contribution in [2.45, 2.75) is 38.5 Å². The van der Waals surface area contributed by atoms with Crippen molar-refractivity contribution >= 4 is 17.3 Å². The molecule has 0 radical (unpaired) electrons. The lowest BCUT2D eigenvalue weighted by molar-refractivity contribution is 0.0691. The van der Waals surface area contributed by atoms with Crippen LogP contribution in [0.3, 0.4) is 0 Å². The summed E-state index contributed by atoms with van der Waals surface area (Å²) in [6.07, 6.45) is 4.73. The highest BCUT2D eigenvalue weighted by molar-refractivity contribution is 7.09. The number of aromatic nitrogens is 1. The van der Waals surface area contributed by atoms with Gasteiger partial charge < -0.3 is 10.0 Å². The van der Waals surface area contributed by atoms with Gasteiger partial charge in [-0.1, -0.05) is 13.3 Å². The lowest BCUT2D eigenvalue weighted by atomic mass is 9.97. The fourth-order valence-electron chi connectivity index (χ4n) is 2.36. The van der Waals surface area contributed by atoms with Gasteiger partial charge in [0, 0.05) is 11.3 Å². The van der Waals surface area contributed by atoms with E-state index in [0.29, 0.717) is 5.92 Å². The fourth-order valence-corrected chi connectivity index (χ4v) is 3.32.